The average molecular weight is 362 g/mol. The number of aromatic amines is 1. The van der Waals surface area contributed by atoms with Crippen LogP contribution >= 0.6 is 0 Å². The molecule has 4 heteroatoms. The molecule has 1 aliphatic heterocycles. The van der Waals surface area contributed by atoms with Gasteiger partial charge >= 0.3 is 0 Å². The lowest BCUT2D eigenvalue weighted by Crippen LogP contribution is -2.38. The van der Waals surface area contributed by atoms with Crippen LogP contribution in [0, 0.1) is 6.92 Å². The molecule has 1 aromatic heterocycles. The van der Waals surface area contributed by atoms with E-state index in [-0.39, 0.29) is 5.91 Å². The highest BCUT2D eigenvalue weighted by molar-refractivity contribution is 5.81. The molecule has 0 atom stereocenters. The molecule has 0 radical (unpaired) electrons. The maximum absolute atomic E-state index is 12.7. The Balaban J connectivity index is 1.37. The number of carbonyl (C=O) groups excluding carboxylic acids is 1. The summed E-state index contributed by atoms with van der Waals surface area (Å²) < 4.78 is 5.37. The Labute approximate surface area is 160 Å². The van der Waals surface area contributed by atoms with Crippen molar-refractivity contribution in [2.45, 2.75) is 32.1 Å². The van der Waals surface area contributed by atoms with E-state index < -0.39 is 0 Å². The van der Waals surface area contributed by atoms with Crippen molar-refractivity contribution in [1.82, 2.24) is 9.88 Å². The summed E-state index contributed by atoms with van der Waals surface area (Å²) >= 11 is 0. The van der Waals surface area contributed by atoms with Crippen LogP contribution in [0.25, 0.3) is 10.9 Å². The van der Waals surface area contributed by atoms with Gasteiger partial charge in [0, 0.05) is 30.2 Å². The number of amides is 1. The van der Waals surface area contributed by atoms with Gasteiger partial charge in [0.1, 0.15) is 5.75 Å². The van der Waals surface area contributed by atoms with Gasteiger partial charge in [-0.25, -0.2) is 0 Å². The van der Waals surface area contributed by atoms with Gasteiger partial charge in [-0.2, -0.15) is 0 Å². The SMILES string of the molecule is COc1cc(CC(=O)N2CCC(c3cc4ccccc4[nH]3)CC2)ccc1C. The molecule has 0 unspecified atom stereocenters. The Hall–Kier alpha value is -2.75. The molecule has 1 fully saturated rings. The Bertz CT molecular complexity index is 919. The van der Waals surface area contributed by atoms with E-state index >= 15 is 0 Å². The molecule has 1 amide bonds. The molecule has 1 saturated heterocycles. The minimum absolute atomic E-state index is 0.205. The molecule has 3 aromatic rings. The van der Waals surface area contributed by atoms with Gasteiger partial charge in [0.2, 0.25) is 5.91 Å². The number of nitrogens with one attached hydrogen (secondary N) is 1. The molecule has 27 heavy (non-hydrogen) atoms. The van der Waals surface area contributed by atoms with Crippen molar-refractivity contribution in [3.05, 3.63) is 65.4 Å². The summed E-state index contributed by atoms with van der Waals surface area (Å²) in [4.78, 5) is 18.3. The Morgan fingerprint density at radius 2 is 1.93 bits per heavy atom. The van der Waals surface area contributed by atoms with Crippen LogP contribution in [0.4, 0.5) is 0 Å². The number of aromatic nitrogens is 1. The first kappa shape index (κ1) is 17.7. The van der Waals surface area contributed by atoms with Gasteiger partial charge in [-0.05, 0) is 54.5 Å². The number of nitrogens with zero attached hydrogens (tertiary/aromatic N) is 1. The number of likely N-dealkylation sites (tertiary alicyclic amines) is 1. The molecule has 0 bridgehead atoms. The zero-order chi connectivity index (χ0) is 18.8. The highest BCUT2D eigenvalue weighted by atomic mass is 16.5. The number of benzene rings is 2. The van der Waals surface area contributed by atoms with Crippen molar-refractivity contribution in [3.8, 4) is 5.75 Å². The van der Waals surface area contributed by atoms with Crippen LogP contribution in [0.1, 0.15) is 35.6 Å². The van der Waals surface area contributed by atoms with E-state index in [1.807, 2.05) is 30.0 Å². The van der Waals surface area contributed by atoms with Crippen molar-refractivity contribution in [3.63, 3.8) is 0 Å². The number of aryl methyl sites for hydroxylation is 1. The Morgan fingerprint density at radius 3 is 2.67 bits per heavy atom. The second-order valence-corrected chi connectivity index (χ2v) is 7.45. The normalized spacial score (nSPS) is 15.3. The van der Waals surface area contributed by atoms with Gasteiger partial charge in [-0.1, -0.05) is 30.3 Å². The van der Waals surface area contributed by atoms with Crippen LogP contribution < -0.4 is 4.74 Å². The lowest BCUT2D eigenvalue weighted by Gasteiger charge is -2.31. The number of hydrogen-bond donors (Lipinski definition) is 1. The summed E-state index contributed by atoms with van der Waals surface area (Å²) in [5, 5.41) is 1.26. The van der Waals surface area contributed by atoms with Crippen LogP contribution in [0.2, 0.25) is 0 Å². The first-order valence-corrected chi connectivity index (χ1v) is 9.63. The summed E-state index contributed by atoms with van der Waals surface area (Å²) in [6.07, 6.45) is 2.46. The topological polar surface area (TPSA) is 45.3 Å². The van der Waals surface area contributed by atoms with Gasteiger partial charge in [0.05, 0.1) is 13.5 Å². The first-order chi connectivity index (χ1) is 13.1. The number of rotatable bonds is 4. The smallest absolute Gasteiger partial charge is 0.226 e. The van der Waals surface area contributed by atoms with Gasteiger partial charge in [0.15, 0.2) is 0 Å². The van der Waals surface area contributed by atoms with Crippen molar-refractivity contribution >= 4 is 16.8 Å². The summed E-state index contributed by atoms with van der Waals surface area (Å²) in [5.41, 5.74) is 4.60. The van der Waals surface area contributed by atoms with E-state index in [1.165, 1.54) is 16.6 Å². The van der Waals surface area contributed by atoms with Crippen molar-refractivity contribution in [2.75, 3.05) is 20.2 Å². The maximum atomic E-state index is 12.7. The molecule has 0 spiro atoms. The third-order valence-electron chi connectivity index (χ3n) is 5.67. The van der Waals surface area contributed by atoms with E-state index in [2.05, 4.69) is 35.3 Å². The number of hydrogen-bond acceptors (Lipinski definition) is 2. The molecule has 4 rings (SSSR count). The van der Waals surface area contributed by atoms with Gasteiger partial charge < -0.3 is 14.6 Å². The summed E-state index contributed by atoms with van der Waals surface area (Å²) in [6.45, 7) is 3.66. The minimum Gasteiger partial charge on any atom is -0.496 e. The van der Waals surface area contributed by atoms with Gasteiger partial charge in [0.25, 0.3) is 0 Å². The van der Waals surface area contributed by atoms with Crippen molar-refractivity contribution in [1.29, 1.82) is 0 Å². The third kappa shape index (κ3) is 3.70. The summed E-state index contributed by atoms with van der Waals surface area (Å²) in [7, 11) is 1.67. The number of H-pyrrole nitrogens is 1. The maximum Gasteiger partial charge on any atom is 0.226 e. The molecular formula is C23H26N2O2. The third-order valence-corrected chi connectivity index (χ3v) is 5.67. The number of methoxy groups -OCH3 is 1. The van der Waals surface area contributed by atoms with Crippen LogP contribution in [-0.2, 0) is 11.2 Å². The Kier molecular flexibility index (Phi) is 4.88. The molecular weight excluding hydrogens is 336 g/mol. The number of piperidine rings is 1. The molecule has 2 heterocycles. The minimum atomic E-state index is 0.205. The van der Waals surface area contributed by atoms with E-state index in [9.17, 15) is 4.79 Å². The van der Waals surface area contributed by atoms with E-state index in [0.717, 1.165) is 42.8 Å². The van der Waals surface area contributed by atoms with Crippen LogP contribution in [0.3, 0.4) is 0 Å². The van der Waals surface area contributed by atoms with Crippen molar-refractivity contribution < 1.29 is 9.53 Å². The average Bonchev–Trinajstić information content (AvgIpc) is 3.14. The van der Waals surface area contributed by atoms with E-state index in [4.69, 9.17) is 4.74 Å². The van der Waals surface area contributed by atoms with Crippen LogP contribution in [0.15, 0.2) is 48.5 Å². The zero-order valence-electron chi connectivity index (χ0n) is 16.0. The fourth-order valence-electron chi connectivity index (χ4n) is 4.02. The van der Waals surface area contributed by atoms with E-state index in [0.29, 0.717) is 12.3 Å². The molecule has 0 aliphatic carbocycles. The summed E-state index contributed by atoms with van der Waals surface area (Å²) in [6, 6.07) is 16.7. The molecule has 2 aromatic carbocycles. The van der Waals surface area contributed by atoms with Crippen LogP contribution in [-0.4, -0.2) is 36.0 Å². The standard InChI is InChI=1S/C23H26N2O2/c1-16-7-8-17(13-22(16)27-2)14-23(26)25-11-9-18(10-12-25)21-15-19-5-3-4-6-20(19)24-21/h3-8,13,15,18,24H,9-12,14H2,1-2H3. The van der Waals surface area contributed by atoms with Gasteiger partial charge in [-0.3, -0.25) is 4.79 Å². The molecule has 1 aliphatic rings. The quantitative estimate of drug-likeness (QED) is 0.746. The predicted molar refractivity (Wildman–Crippen MR) is 108 cm³/mol. The molecule has 4 nitrogen and oxygen atoms in total. The number of fused-ring (bicyclic) bond motifs is 1. The number of para-hydroxylation sites is 1. The van der Waals surface area contributed by atoms with Crippen LogP contribution in [0.5, 0.6) is 5.75 Å². The predicted octanol–water partition coefficient (Wildman–Crippen LogP) is 4.43. The fourth-order valence-corrected chi connectivity index (χ4v) is 4.02. The molecule has 140 valence electrons. The first-order valence-electron chi connectivity index (χ1n) is 9.63. The zero-order valence-corrected chi connectivity index (χ0v) is 16.0. The molecule has 0 saturated carbocycles. The lowest BCUT2D eigenvalue weighted by molar-refractivity contribution is -0.131. The lowest BCUT2D eigenvalue weighted by atomic mass is 9.93. The summed E-state index contributed by atoms with van der Waals surface area (Å²) in [5.74, 6) is 1.55. The van der Waals surface area contributed by atoms with Gasteiger partial charge in [-0.15, -0.1) is 0 Å². The number of ether oxygens (including phenoxy) is 1. The highest BCUT2D eigenvalue weighted by Crippen LogP contribution is 2.30. The molecule has 1 N–H and O–H groups in total. The second-order valence-electron chi connectivity index (χ2n) is 7.45. The monoisotopic (exact) mass is 362 g/mol. The van der Waals surface area contributed by atoms with E-state index in [1.54, 1.807) is 7.11 Å². The highest BCUT2D eigenvalue weighted by Gasteiger charge is 2.25. The Morgan fingerprint density at radius 1 is 1.15 bits per heavy atom. The van der Waals surface area contributed by atoms with Crippen molar-refractivity contribution in [2.24, 2.45) is 0 Å². The second kappa shape index (κ2) is 7.47. The largest absolute Gasteiger partial charge is 0.496 e. The number of carbonyl (C=O) groups is 1. The fraction of sp³-hybridized carbons (Fsp3) is 0.348.